The molecule has 1 N–H and O–H groups in total. The maximum absolute atomic E-state index is 12.6. The smallest absolute Gasteiger partial charge is 0.239 e. The van der Waals surface area contributed by atoms with Gasteiger partial charge in [-0.1, -0.05) is 23.9 Å². The Morgan fingerprint density at radius 1 is 1.35 bits per heavy atom. The van der Waals surface area contributed by atoms with E-state index >= 15 is 0 Å². The number of thiazole rings is 1. The number of thioether (sulfide) groups is 1. The number of carbonyl (C=O) groups is 1. The molecule has 162 valence electrons. The van der Waals surface area contributed by atoms with Gasteiger partial charge >= 0.3 is 0 Å². The molecule has 4 aromatic rings. The first-order valence-corrected chi connectivity index (χ1v) is 11.5. The number of para-hydroxylation sites is 1. The molecule has 1 amide bonds. The molecule has 10 heteroatoms. The minimum atomic E-state index is -0.373. The van der Waals surface area contributed by atoms with Crippen LogP contribution in [0.4, 0.5) is 5.13 Å². The van der Waals surface area contributed by atoms with Gasteiger partial charge in [0.05, 0.1) is 18.1 Å². The molecule has 0 aliphatic rings. The van der Waals surface area contributed by atoms with E-state index in [1.54, 1.807) is 7.11 Å². The zero-order valence-corrected chi connectivity index (χ0v) is 19.6. The molecule has 8 nitrogen and oxygen atoms in total. The van der Waals surface area contributed by atoms with Crippen LogP contribution in [0.25, 0.3) is 22.6 Å². The van der Waals surface area contributed by atoms with Gasteiger partial charge in [-0.3, -0.25) is 9.36 Å². The molecule has 0 radical (unpaired) electrons. The Balaban J connectivity index is 1.56. The Hall–Kier alpha value is -2.85. The summed E-state index contributed by atoms with van der Waals surface area (Å²) in [5.74, 6) is 1.76. The van der Waals surface area contributed by atoms with Crippen molar-refractivity contribution in [1.82, 2.24) is 19.7 Å². The minimum Gasteiger partial charge on any atom is -0.493 e. The number of nitrogens with one attached hydrogen (secondary N) is 1. The van der Waals surface area contributed by atoms with Crippen molar-refractivity contribution in [2.45, 2.75) is 44.6 Å². The van der Waals surface area contributed by atoms with E-state index in [-0.39, 0.29) is 11.2 Å². The van der Waals surface area contributed by atoms with Crippen LogP contribution in [0, 0.1) is 13.8 Å². The van der Waals surface area contributed by atoms with Gasteiger partial charge in [0, 0.05) is 16.8 Å². The Morgan fingerprint density at radius 2 is 2.16 bits per heavy atom. The number of furan rings is 1. The van der Waals surface area contributed by atoms with Gasteiger partial charge in [-0.2, -0.15) is 0 Å². The van der Waals surface area contributed by atoms with Crippen LogP contribution in [0.2, 0.25) is 0 Å². The number of nitrogens with zero attached hydrogens (tertiary/aromatic N) is 4. The maximum Gasteiger partial charge on any atom is 0.239 e. The zero-order valence-electron chi connectivity index (χ0n) is 17.9. The average molecular weight is 458 g/mol. The van der Waals surface area contributed by atoms with Crippen LogP contribution < -0.4 is 10.1 Å². The summed E-state index contributed by atoms with van der Waals surface area (Å²) >= 11 is 2.82. The lowest BCUT2D eigenvalue weighted by Crippen LogP contribution is -2.22. The van der Waals surface area contributed by atoms with Crippen LogP contribution in [0.15, 0.2) is 33.8 Å². The normalized spacial score (nSPS) is 12.3. The maximum atomic E-state index is 12.6. The third-order valence-corrected chi connectivity index (χ3v) is 6.96. The number of benzene rings is 1. The summed E-state index contributed by atoms with van der Waals surface area (Å²) in [5, 5.41) is 13.4. The number of hydrogen-bond donors (Lipinski definition) is 1. The molecule has 3 aromatic heterocycles. The molecular weight excluding hydrogens is 434 g/mol. The van der Waals surface area contributed by atoms with Gasteiger partial charge in [-0.05, 0) is 39.8 Å². The predicted molar refractivity (Wildman–Crippen MR) is 123 cm³/mol. The van der Waals surface area contributed by atoms with Crippen molar-refractivity contribution in [1.29, 1.82) is 0 Å². The molecule has 1 atom stereocenters. The molecule has 0 fully saturated rings. The van der Waals surface area contributed by atoms with E-state index in [4.69, 9.17) is 9.15 Å². The highest BCUT2D eigenvalue weighted by Crippen LogP contribution is 2.34. The van der Waals surface area contributed by atoms with E-state index in [9.17, 15) is 4.79 Å². The molecule has 0 saturated heterocycles. The summed E-state index contributed by atoms with van der Waals surface area (Å²) in [6, 6.07) is 7.65. The third-order valence-electron chi connectivity index (χ3n) is 4.89. The number of rotatable bonds is 7. The van der Waals surface area contributed by atoms with Gasteiger partial charge in [0.25, 0.3) is 0 Å². The predicted octanol–water partition coefficient (Wildman–Crippen LogP) is 4.91. The van der Waals surface area contributed by atoms with Crippen molar-refractivity contribution in [2.24, 2.45) is 0 Å². The molecule has 31 heavy (non-hydrogen) atoms. The fraction of sp³-hybridized carbons (Fsp3) is 0.333. The van der Waals surface area contributed by atoms with Gasteiger partial charge in [-0.25, -0.2) is 4.98 Å². The summed E-state index contributed by atoms with van der Waals surface area (Å²) in [6.45, 7) is 8.40. The standard InChI is InChI=1S/C21H23N5O3S2/c1-6-26-18(16-10-14-8-7-9-15(28-5)17(14)29-16)24-25-21(26)31-13(4)19(27)23-20-22-11(2)12(3)30-20/h7-10,13H,6H2,1-5H3,(H,22,23,27)/t13-/m1/s1. The second-order valence-corrected chi connectivity index (χ2v) is 9.46. The molecule has 0 saturated carbocycles. The number of amides is 1. The Bertz CT molecular complexity index is 1220. The van der Waals surface area contributed by atoms with Crippen molar-refractivity contribution in [2.75, 3.05) is 12.4 Å². The number of fused-ring (bicyclic) bond motifs is 1. The molecule has 0 spiro atoms. The minimum absolute atomic E-state index is 0.126. The third kappa shape index (κ3) is 4.17. The van der Waals surface area contributed by atoms with Crippen LogP contribution in [0.3, 0.4) is 0 Å². The van der Waals surface area contributed by atoms with Crippen molar-refractivity contribution in [3.05, 3.63) is 34.8 Å². The first kappa shape index (κ1) is 21.4. The van der Waals surface area contributed by atoms with Gasteiger partial charge in [0.2, 0.25) is 11.7 Å². The van der Waals surface area contributed by atoms with Crippen LogP contribution in [-0.2, 0) is 11.3 Å². The van der Waals surface area contributed by atoms with E-state index in [2.05, 4.69) is 20.5 Å². The van der Waals surface area contributed by atoms with E-state index in [0.717, 1.165) is 16.0 Å². The number of aryl methyl sites for hydroxylation is 2. The summed E-state index contributed by atoms with van der Waals surface area (Å²) in [4.78, 5) is 18.1. The van der Waals surface area contributed by atoms with E-state index < -0.39 is 0 Å². The van der Waals surface area contributed by atoms with Crippen LogP contribution in [-0.4, -0.2) is 38.0 Å². The topological polar surface area (TPSA) is 95.1 Å². The number of methoxy groups -OCH3 is 1. The summed E-state index contributed by atoms with van der Waals surface area (Å²) in [6.07, 6.45) is 0. The Kier molecular flexibility index (Phi) is 6.01. The molecule has 0 bridgehead atoms. The summed E-state index contributed by atoms with van der Waals surface area (Å²) < 4.78 is 13.4. The van der Waals surface area contributed by atoms with Gasteiger partial charge in [-0.15, -0.1) is 21.5 Å². The highest BCUT2D eigenvalue weighted by molar-refractivity contribution is 8.00. The van der Waals surface area contributed by atoms with E-state index in [0.29, 0.717) is 39.7 Å². The zero-order chi connectivity index (χ0) is 22.1. The van der Waals surface area contributed by atoms with Crippen LogP contribution in [0.1, 0.15) is 24.4 Å². The lowest BCUT2D eigenvalue weighted by Gasteiger charge is -2.11. The monoisotopic (exact) mass is 457 g/mol. The molecule has 0 aliphatic carbocycles. The van der Waals surface area contributed by atoms with Crippen molar-refractivity contribution in [3.63, 3.8) is 0 Å². The number of aromatic nitrogens is 4. The van der Waals surface area contributed by atoms with Crippen LogP contribution in [0.5, 0.6) is 5.75 Å². The number of carbonyl (C=O) groups excluding carboxylic acids is 1. The number of hydrogen-bond acceptors (Lipinski definition) is 8. The number of ether oxygens (including phenoxy) is 1. The quantitative estimate of drug-likeness (QED) is 0.394. The largest absolute Gasteiger partial charge is 0.493 e. The van der Waals surface area contributed by atoms with Gasteiger partial charge in [0.15, 0.2) is 27.4 Å². The summed E-state index contributed by atoms with van der Waals surface area (Å²) in [7, 11) is 1.61. The van der Waals surface area contributed by atoms with E-state index in [1.165, 1.54) is 23.1 Å². The average Bonchev–Trinajstić information content (AvgIpc) is 3.44. The lowest BCUT2D eigenvalue weighted by atomic mass is 10.2. The van der Waals surface area contributed by atoms with Crippen molar-refractivity contribution < 1.29 is 13.9 Å². The van der Waals surface area contributed by atoms with Crippen LogP contribution >= 0.6 is 23.1 Å². The Morgan fingerprint density at radius 3 is 2.84 bits per heavy atom. The first-order chi connectivity index (χ1) is 14.9. The Labute approximate surface area is 188 Å². The fourth-order valence-corrected chi connectivity index (χ4v) is 4.83. The SMILES string of the molecule is CCn1c(S[C@H](C)C(=O)Nc2nc(C)c(C)s2)nnc1-c1cc2cccc(OC)c2o1. The highest BCUT2D eigenvalue weighted by Gasteiger charge is 2.23. The molecule has 0 aliphatic heterocycles. The molecule has 1 aromatic carbocycles. The lowest BCUT2D eigenvalue weighted by molar-refractivity contribution is -0.115. The van der Waals surface area contributed by atoms with E-state index in [1.807, 2.05) is 56.5 Å². The van der Waals surface area contributed by atoms with Crippen molar-refractivity contribution >= 4 is 45.1 Å². The molecule has 3 heterocycles. The van der Waals surface area contributed by atoms with Gasteiger partial charge < -0.3 is 14.5 Å². The van der Waals surface area contributed by atoms with Gasteiger partial charge in [0.1, 0.15) is 0 Å². The molecule has 0 unspecified atom stereocenters. The fourth-order valence-electron chi connectivity index (χ4n) is 3.10. The summed E-state index contributed by atoms with van der Waals surface area (Å²) in [5.41, 5.74) is 1.60. The second-order valence-electron chi connectivity index (χ2n) is 6.95. The second kappa shape index (κ2) is 8.72. The van der Waals surface area contributed by atoms with Crippen molar-refractivity contribution in [3.8, 4) is 17.3 Å². The molecular formula is C21H23N5O3S2. The highest BCUT2D eigenvalue weighted by atomic mass is 32.2. The number of anilines is 1. The first-order valence-electron chi connectivity index (χ1n) is 9.83. The molecule has 4 rings (SSSR count).